The van der Waals surface area contributed by atoms with Crippen LogP contribution in [0.2, 0.25) is 0 Å². The van der Waals surface area contributed by atoms with Gasteiger partial charge in [0.25, 0.3) is 0 Å². The number of anilines is 3. The van der Waals surface area contributed by atoms with Crippen molar-refractivity contribution >= 4 is 17.5 Å². The predicted molar refractivity (Wildman–Crippen MR) is 88.2 cm³/mol. The zero-order valence-electron chi connectivity index (χ0n) is 13.6. The molecule has 0 saturated heterocycles. The van der Waals surface area contributed by atoms with Gasteiger partial charge in [-0.25, -0.2) is 4.98 Å². The lowest BCUT2D eigenvalue weighted by atomic mass is 10.1. The smallest absolute Gasteiger partial charge is 0.229 e. The molecule has 1 heterocycles. The van der Waals surface area contributed by atoms with Crippen molar-refractivity contribution in [2.24, 2.45) is 0 Å². The molecule has 0 aliphatic heterocycles. The molecule has 2 rings (SSSR count). The summed E-state index contributed by atoms with van der Waals surface area (Å²) in [7, 11) is 3.23. The largest absolute Gasteiger partial charge is 0.497 e. The average molecular weight is 302 g/mol. The number of nitrogens with zero attached hydrogens (tertiary/aromatic N) is 2. The zero-order valence-corrected chi connectivity index (χ0v) is 13.6. The van der Waals surface area contributed by atoms with Crippen molar-refractivity contribution in [3.63, 3.8) is 0 Å². The van der Waals surface area contributed by atoms with E-state index in [1.807, 2.05) is 18.2 Å². The highest BCUT2D eigenvalue weighted by Crippen LogP contribution is 2.30. The van der Waals surface area contributed by atoms with Crippen LogP contribution in [0.25, 0.3) is 0 Å². The Morgan fingerprint density at radius 1 is 1.05 bits per heavy atom. The minimum absolute atomic E-state index is 0.0660. The van der Waals surface area contributed by atoms with E-state index < -0.39 is 0 Å². The predicted octanol–water partition coefficient (Wildman–Crippen LogP) is 3.45. The van der Waals surface area contributed by atoms with Gasteiger partial charge in [0.15, 0.2) is 0 Å². The second kappa shape index (κ2) is 6.51. The molecule has 118 valence electrons. The number of nitrogens with one attached hydrogen (secondary N) is 2. The summed E-state index contributed by atoms with van der Waals surface area (Å²) in [4.78, 5) is 8.68. The minimum atomic E-state index is -0.0660. The number of rotatable bonds is 5. The lowest BCUT2D eigenvalue weighted by Crippen LogP contribution is -2.26. The van der Waals surface area contributed by atoms with Gasteiger partial charge in [0, 0.05) is 17.8 Å². The highest BCUT2D eigenvalue weighted by Gasteiger charge is 2.11. The van der Waals surface area contributed by atoms with Crippen molar-refractivity contribution in [2.75, 3.05) is 24.9 Å². The van der Waals surface area contributed by atoms with E-state index in [-0.39, 0.29) is 5.54 Å². The van der Waals surface area contributed by atoms with E-state index in [1.54, 1.807) is 26.5 Å². The van der Waals surface area contributed by atoms with E-state index in [0.717, 1.165) is 17.3 Å². The molecule has 6 heteroatoms. The van der Waals surface area contributed by atoms with Crippen LogP contribution in [-0.4, -0.2) is 29.7 Å². The van der Waals surface area contributed by atoms with Gasteiger partial charge in [-0.2, -0.15) is 4.98 Å². The van der Waals surface area contributed by atoms with Crippen LogP contribution < -0.4 is 20.1 Å². The third-order valence-electron chi connectivity index (χ3n) is 2.81. The summed E-state index contributed by atoms with van der Waals surface area (Å²) >= 11 is 0. The molecular formula is C16H22N4O2. The molecule has 1 aromatic carbocycles. The van der Waals surface area contributed by atoms with Crippen molar-refractivity contribution in [1.29, 1.82) is 0 Å². The van der Waals surface area contributed by atoms with Crippen LogP contribution in [0.5, 0.6) is 11.5 Å². The molecule has 0 amide bonds. The Morgan fingerprint density at radius 2 is 1.82 bits per heavy atom. The van der Waals surface area contributed by atoms with E-state index >= 15 is 0 Å². The first-order chi connectivity index (χ1) is 10.4. The van der Waals surface area contributed by atoms with Crippen molar-refractivity contribution < 1.29 is 9.47 Å². The fourth-order valence-electron chi connectivity index (χ4n) is 1.89. The first kappa shape index (κ1) is 15.9. The molecule has 6 nitrogen and oxygen atoms in total. The van der Waals surface area contributed by atoms with Crippen LogP contribution in [-0.2, 0) is 0 Å². The molecule has 2 aromatic rings. The Labute approximate surface area is 130 Å². The molecule has 0 unspecified atom stereocenters. The second-order valence-corrected chi connectivity index (χ2v) is 5.83. The van der Waals surface area contributed by atoms with Crippen molar-refractivity contribution in [3.8, 4) is 11.5 Å². The maximum absolute atomic E-state index is 5.36. The SMILES string of the molecule is COc1ccc(Nc2nccc(NC(C)(C)C)n2)c(OC)c1. The summed E-state index contributed by atoms with van der Waals surface area (Å²) in [5.41, 5.74) is 0.708. The van der Waals surface area contributed by atoms with Crippen LogP contribution >= 0.6 is 0 Å². The molecule has 0 radical (unpaired) electrons. The van der Waals surface area contributed by atoms with Gasteiger partial charge in [-0.1, -0.05) is 0 Å². The quantitative estimate of drug-likeness (QED) is 0.881. The van der Waals surface area contributed by atoms with Crippen LogP contribution in [0.1, 0.15) is 20.8 Å². The third kappa shape index (κ3) is 4.25. The van der Waals surface area contributed by atoms with Gasteiger partial charge in [-0.3, -0.25) is 0 Å². The van der Waals surface area contributed by atoms with E-state index in [4.69, 9.17) is 9.47 Å². The van der Waals surface area contributed by atoms with Gasteiger partial charge in [0.1, 0.15) is 17.3 Å². The number of hydrogen-bond donors (Lipinski definition) is 2. The first-order valence-corrected chi connectivity index (χ1v) is 7.01. The van der Waals surface area contributed by atoms with Gasteiger partial charge >= 0.3 is 0 Å². The summed E-state index contributed by atoms with van der Waals surface area (Å²) in [6.07, 6.45) is 1.71. The van der Waals surface area contributed by atoms with E-state index in [0.29, 0.717) is 11.7 Å². The third-order valence-corrected chi connectivity index (χ3v) is 2.81. The maximum Gasteiger partial charge on any atom is 0.229 e. The van der Waals surface area contributed by atoms with E-state index in [1.165, 1.54) is 0 Å². The topological polar surface area (TPSA) is 68.3 Å². The summed E-state index contributed by atoms with van der Waals surface area (Å²) in [5.74, 6) is 2.65. The van der Waals surface area contributed by atoms with Crippen LogP contribution in [0.15, 0.2) is 30.5 Å². The fraction of sp³-hybridized carbons (Fsp3) is 0.375. The lowest BCUT2D eigenvalue weighted by Gasteiger charge is -2.21. The Bertz CT molecular complexity index is 638. The van der Waals surface area contributed by atoms with E-state index in [2.05, 4.69) is 41.4 Å². The van der Waals surface area contributed by atoms with Gasteiger partial charge in [0.2, 0.25) is 5.95 Å². The molecule has 0 bridgehead atoms. The Hall–Kier alpha value is -2.50. The molecule has 0 aliphatic carbocycles. The first-order valence-electron chi connectivity index (χ1n) is 7.01. The van der Waals surface area contributed by atoms with Gasteiger partial charge in [-0.15, -0.1) is 0 Å². The molecule has 22 heavy (non-hydrogen) atoms. The molecular weight excluding hydrogens is 280 g/mol. The van der Waals surface area contributed by atoms with Gasteiger partial charge in [-0.05, 0) is 39.0 Å². The van der Waals surface area contributed by atoms with Crippen LogP contribution in [0.4, 0.5) is 17.5 Å². The molecule has 0 spiro atoms. The molecule has 1 aromatic heterocycles. The highest BCUT2D eigenvalue weighted by molar-refractivity contribution is 5.64. The minimum Gasteiger partial charge on any atom is -0.497 e. The molecule has 0 atom stereocenters. The lowest BCUT2D eigenvalue weighted by molar-refractivity contribution is 0.395. The number of aromatic nitrogens is 2. The second-order valence-electron chi connectivity index (χ2n) is 5.83. The summed E-state index contributed by atoms with van der Waals surface area (Å²) in [6.45, 7) is 6.23. The van der Waals surface area contributed by atoms with Gasteiger partial charge in [0.05, 0.1) is 19.9 Å². The van der Waals surface area contributed by atoms with Crippen LogP contribution in [0.3, 0.4) is 0 Å². The Kier molecular flexibility index (Phi) is 4.70. The van der Waals surface area contributed by atoms with Gasteiger partial charge < -0.3 is 20.1 Å². The molecule has 2 N–H and O–H groups in total. The number of ether oxygens (including phenoxy) is 2. The molecule has 0 fully saturated rings. The van der Waals surface area contributed by atoms with E-state index in [9.17, 15) is 0 Å². The number of methoxy groups -OCH3 is 2. The van der Waals surface area contributed by atoms with Crippen LogP contribution in [0, 0.1) is 0 Å². The standard InChI is InChI=1S/C16H22N4O2/c1-16(2,3)20-14-8-9-17-15(19-14)18-12-7-6-11(21-4)10-13(12)22-5/h6-10H,1-5H3,(H2,17,18,19,20). The molecule has 0 aliphatic rings. The van der Waals surface area contributed by atoms with Crippen molar-refractivity contribution in [3.05, 3.63) is 30.5 Å². The summed E-state index contributed by atoms with van der Waals surface area (Å²) in [5, 5.41) is 6.47. The highest BCUT2D eigenvalue weighted by atomic mass is 16.5. The fourth-order valence-corrected chi connectivity index (χ4v) is 1.89. The zero-order chi connectivity index (χ0) is 16.2. The maximum atomic E-state index is 5.36. The Balaban J connectivity index is 2.22. The summed E-state index contributed by atoms with van der Waals surface area (Å²) in [6, 6.07) is 7.36. The van der Waals surface area contributed by atoms with Crippen molar-refractivity contribution in [2.45, 2.75) is 26.3 Å². The molecule has 0 saturated carbocycles. The number of benzene rings is 1. The van der Waals surface area contributed by atoms with Crippen molar-refractivity contribution in [1.82, 2.24) is 9.97 Å². The number of hydrogen-bond acceptors (Lipinski definition) is 6. The summed E-state index contributed by atoms with van der Waals surface area (Å²) < 4.78 is 10.5. The monoisotopic (exact) mass is 302 g/mol. The Morgan fingerprint density at radius 3 is 2.45 bits per heavy atom. The average Bonchev–Trinajstić information content (AvgIpc) is 2.46. The normalized spacial score (nSPS) is 11.0.